The molecule has 0 amide bonds. The molecule has 1 rings (SSSR count). The Kier molecular flexibility index (Phi) is 5.96. The molecule has 2 N–H and O–H groups in total. The van der Waals surface area contributed by atoms with Crippen LogP contribution in [0.2, 0.25) is 10.0 Å². The highest BCUT2D eigenvalue weighted by atomic mass is 35.5. The second-order valence-corrected chi connectivity index (χ2v) is 5.03. The molecule has 0 fully saturated rings. The van der Waals surface area contributed by atoms with E-state index < -0.39 is 0 Å². The van der Waals surface area contributed by atoms with Crippen molar-refractivity contribution in [3.05, 3.63) is 33.8 Å². The van der Waals surface area contributed by atoms with Gasteiger partial charge < -0.3 is 5.73 Å². The van der Waals surface area contributed by atoms with Crippen LogP contribution in [0, 0.1) is 5.92 Å². The van der Waals surface area contributed by atoms with Crippen LogP contribution in [0.1, 0.15) is 36.5 Å². The second kappa shape index (κ2) is 7.00. The monoisotopic (exact) mass is 273 g/mol. The number of benzene rings is 1. The Hall–Kier alpha value is -0.570. The lowest BCUT2D eigenvalue weighted by Gasteiger charge is -2.09. The minimum atomic E-state index is 0.0429. The molecule has 0 saturated heterocycles. The lowest BCUT2D eigenvalue weighted by atomic mass is 9.97. The smallest absolute Gasteiger partial charge is 0.164 e. The molecule has 0 saturated carbocycles. The highest BCUT2D eigenvalue weighted by Gasteiger charge is 2.13. The van der Waals surface area contributed by atoms with Crippen LogP contribution in [0.3, 0.4) is 0 Å². The summed E-state index contributed by atoms with van der Waals surface area (Å²) in [7, 11) is 0. The lowest BCUT2D eigenvalue weighted by molar-refractivity contribution is 0.0974. The minimum absolute atomic E-state index is 0.0429. The summed E-state index contributed by atoms with van der Waals surface area (Å²) in [6, 6.07) is 5.13. The van der Waals surface area contributed by atoms with Crippen LogP contribution in [0.15, 0.2) is 18.2 Å². The van der Waals surface area contributed by atoms with E-state index in [-0.39, 0.29) is 5.78 Å². The molecule has 1 atom stereocenters. The molecule has 1 aromatic rings. The highest BCUT2D eigenvalue weighted by molar-refractivity contribution is 6.43. The number of nitrogens with two attached hydrogens (primary N) is 1. The number of hydrogen-bond acceptors (Lipinski definition) is 2. The van der Waals surface area contributed by atoms with Crippen molar-refractivity contribution in [3.63, 3.8) is 0 Å². The standard InChI is InChI=1S/C13H17Cl2NO/c1-9(7-8-16)5-6-12(17)10-3-2-4-11(14)13(10)15/h2-4,9H,5-8,16H2,1H3. The normalized spacial score (nSPS) is 12.5. The largest absolute Gasteiger partial charge is 0.330 e. The van der Waals surface area contributed by atoms with E-state index in [1.165, 1.54) is 0 Å². The Morgan fingerprint density at radius 3 is 2.71 bits per heavy atom. The fraction of sp³-hybridized carbons (Fsp3) is 0.462. The van der Waals surface area contributed by atoms with Crippen molar-refractivity contribution in [1.82, 2.24) is 0 Å². The van der Waals surface area contributed by atoms with Crippen LogP contribution < -0.4 is 5.73 Å². The molecule has 17 heavy (non-hydrogen) atoms. The summed E-state index contributed by atoms with van der Waals surface area (Å²) < 4.78 is 0. The van der Waals surface area contributed by atoms with Crippen LogP contribution in [0.4, 0.5) is 0 Å². The van der Waals surface area contributed by atoms with E-state index in [1.807, 2.05) is 0 Å². The number of rotatable bonds is 6. The molecule has 0 aromatic heterocycles. The van der Waals surface area contributed by atoms with Crippen molar-refractivity contribution >= 4 is 29.0 Å². The van der Waals surface area contributed by atoms with Gasteiger partial charge in [-0.25, -0.2) is 0 Å². The predicted octanol–water partition coefficient (Wildman–Crippen LogP) is 3.94. The van der Waals surface area contributed by atoms with Crippen LogP contribution >= 0.6 is 23.2 Å². The summed E-state index contributed by atoms with van der Waals surface area (Å²) in [4.78, 5) is 12.0. The first kappa shape index (κ1) is 14.5. The van der Waals surface area contributed by atoms with Gasteiger partial charge in [-0.05, 0) is 37.4 Å². The molecule has 0 radical (unpaired) electrons. The van der Waals surface area contributed by atoms with Crippen molar-refractivity contribution in [2.75, 3.05) is 6.54 Å². The molecular weight excluding hydrogens is 257 g/mol. The van der Waals surface area contributed by atoms with Gasteiger partial charge in [-0.3, -0.25) is 4.79 Å². The molecule has 0 spiro atoms. The fourth-order valence-electron chi connectivity index (χ4n) is 1.66. The summed E-state index contributed by atoms with van der Waals surface area (Å²) in [5, 5.41) is 0.776. The van der Waals surface area contributed by atoms with E-state index in [4.69, 9.17) is 28.9 Å². The van der Waals surface area contributed by atoms with E-state index in [1.54, 1.807) is 18.2 Å². The maximum atomic E-state index is 12.0. The van der Waals surface area contributed by atoms with E-state index in [2.05, 4.69) is 6.92 Å². The zero-order chi connectivity index (χ0) is 12.8. The average Bonchev–Trinajstić information content (AvgIpc) is 2.30. The zero-order valence-electron chi connectivity index (χ0n) is 9.88. The molecule has 0 aliphatic heterocycles. The summed E-state index contributed by atoms with van der Waals surface area (Å²) >= 11 is 11.9. The molecule has 0 bridgehead atoms. The number of ketones is 1. The van der Waals surface area contributed by atoms with E-state index in [9.17, 15) is 4.79 Å². The summed E-state index contributed by atoms with van der Waals surface area (Å²) in [6.45, 7) is 2.76. The third-order valence-electron chi connectivity index (χ3n) is 2.78. The summed E-state index contributed by atoms with van der Waals surface area (Å²) in [6.07, 6.45) is 2.26. The van der Waals surface area contributed by atoms with E-state index >= 15 is 0 Å². The van der Waals surface area contributed by atoms with Gasteiger partial charge in [-0.2, -0.15) is 0 Å². The number of carbonyl (C=O) groups excluding carboxylic acids is 1. The first-order chi connectivity index (χ1) is 8.06. The molecule has 0 heterocycles. The number of hydrogen-bond donors (Lipinski definition) is 1. The number of carbonyl (C=O) groups is 1. The van der Waals surface area contributed by atoms with Crippen molar-refractivity contribution in [2.45, 2.75) is 26.2 Å². The quantitative estimate of drug-likeness (QED) is 0.798. The average molecular weight is 274 g/mol. The van der Waals surface area contributed by atoms with Gasteiger partial charge in [0.25, 0.3) is 0 Å². The van der Waals surface area contributed by atoms with Crippen molar-refractivity contribution in [1.29, 1.82) is 0 Å². The van der Waals surface area contributed by atoms with Crippen molar-refractivity contribution < 1.29 is 4.79 Å². The van der Waals surface area contributed by atoms with Gasteiger partial charge in [-0.1, -0.05) is 36.2 Å². The van der Waals surface area contributed by atoms with Gasteiger partial charge in [0.15, 0.2) is 5.78 Å². The van der Waals surface area contributed by atoms with Gasteiger partial charge in [0.1, 0.15) is 0 Å². The molecule has 1 aromatic carbocycles. The Labute approximate surface area is 112 Å². The molecule has 0 aliphatic rings. The third-order valence-corrected chi connectivity index (χ3v) is 3.59. The van der Waals surface area contributed by atoms with Crippen LogP contribution in [-0.4, -0.2) is 12.3 Å². The summed E-state index contributed by atoms with van der Waals surface area (Å²) in [5.74, 6) is 0.503. The molecule has 1 unspecified atom stereocenters. The first-order valence-corrected chi connectivity index (χ1v) is 6.49. The van der Waals surface area contributed by atoms with Crippen LogP contribution in [-0.2, 0) is 0 Å². The number of halogens is 2. The fourth-order valence-corrected chi connectivity index (χ4v) is 2.07. The van der Waals surface area contributed by atoms with Gasteiger partial charge in [0, 0.05) is 12.0 Å². The first-order valence-electron chi connectivity index (χ1n) is 5.73. The van der Waals surface area contributed by atoms with Gasteiger partial charge in [-0.15, -0.1) is 0 Å². The van der Waals surface area contributed by atoms with Gasteiger partial charge in [0.2, 0.25) is 0 Å². The third kappa shape index (κ3) is 4.30. The minimum Gasteiger partial charge on any atom is -0.330 e. The van der Waals surface area contributed by atoms with E-state index in [0.29, 0.717) is 34.5 Å². The second-order valence-electron chi connectivity index (χ2n) is 4.25. The number of Topliss-reactive ketones (excluding diaryl/α,β-unsaturated/α-hetero) is 1. The zero-order valence-corrected chi connectivity index (χ0v) is 11.4. The molecule has 94 valence electrons. The Morgan fingerprint density at radius 1 is 1.35 bits per heavy atom. The topological polar surface area (TPSA) is 43.1 Å². The lowest BCUT2D eigenvalue weighted by Crippen LogP contribution is -2.08. The maximum absolute atomic E-state index is 12.0. The molecule has 0 aliphatic carbocycles. The summed E-state index contributed by atoms with van der Waals surface area (Å²) in [5.41, 5.74) is 5.98. The molecule has 2 nitrogen and oxygen atoms in total. The van der Waals surface area contributed by atoms with Crippen molar-refractivity contribution in [3.8, 4) is 0 Å². The van der Waals surface area contributed by atoms with Gasteiger partial charge >= 0.3 is 0 Å². The SMILES string of the molecule is CC(CCN)CCC(=O)c1cccc(Cl)c1Cl. The van der Waals surface area contributed by atoms with Crippen molar-refractivity contribution in [2.24, 2.45) is 11.7 Å². The Balaban J connectivity index is 2.61. The van der Waals surface area contributed by atoms with E-state index in [0.717, 1.165) is 12.8 Å². The molecular formula is C13H17Cl2NO. The molecule has 4 heteroatoms. The van der Waals surface area contributed by atoms with Gasteiger partial charge in [0.05, 0.1) is 10.0 Å². The predicted molar refractivity (Wildman–Crippen MR) is 72.9 cm³/mol. The highest BCUT2D eigenvalue weighted by Crippen LogP contribution is 2.27. The maximum Gasteiger partial charge on any atom is 0.164 e. The Bertz CT molecular complexity index is 393. The van der Waals surface area contributed by atoms with Crippen LogP contribution in [0.5, 0.6) is 0 Å². The van der Waals surface area contributed by atoms with Crippen LogP contribution in [0.25, 0.3) is 0 Å². The Morgan fingerprint density at radius 2 is 2.06 bits per heavy atom.